The van der Waals surface area contributed by atoms with Crippen molar-refractivity contribution < 1.29 is 14.9 Å². The number of benzene rings is 2. The minimum Gasteiger partial charge on any atom is -0.486 e. The summed E-state index contributed by atoms with van der Waals surface area (Å²) in [5, 5.41) is 3.06. The highest BCUT2D eigenvalue weighted by Gasteiger charge is 2.28. The quantitative estimate of drug-likeness (QED) is 0.434. The summed E-state index contributed by atoms with van der Waals surface area (Å²) in [7, 11) is 1.90. The van der Waals surface area contributed by atoms with Gasteiger partial charge in [-0.05, 0) is 60.5 Å². The third-order valence-corrected chi connectivity index (χ3v) is 5.62. The van der Waals surface area contributed by atoms with Crippen molar-refractivity contribution in [3.8, 4) is 16.9 Å². The van der Waals surface area contributed by atoms with Crippen LogP contribution in [0, 0.1) is 18.6 Å². The van der Waals surface area contributed by atoms with Gasteiger partial charge in [-0.3, -0.25) is 4.98 Å². The summed E-state index contributed by atoms with van der Waals surface area (Å²) in [6, 6.07) is 14.7. The Bertz CT molecular complexity index is 1320. The smallest absolute Gasteiger partial charge is 0.229 e. The first kappa shape index (κ1) is 20.8. The van der Waals surface area contributed by atoms with Gasteiger partial charge in [0, 0.05) is 31.6 Å². The van der Waals surface area contributed by atoms with Crippen molar-refractivity contribution in [3.05, 3.63) is 89.9 Å². The summed E-state index contributed by atoms with van der Waals surface area (Å²) in [5.41, 5.74) is 3.52. The van der Waals surface area contributed by atoms with Crippen molar-refractivity contribution in [3.63, 3.8) is 0 Å². The molecule has 5 rings (SSSR count). The molecule has 168 valence electrons. The van der Waals surface area contributed by atoms with Gasteiger partial charge in [0.2, 0.25) is 5.95 Å². The minimum absolute atomic E-state index is 0. The van der Waals surface area contributed by atoms with E-state index in [9.17, 15) is 8.78 Å². The highest BCUT2D eigenvalue weighted by atomic mass is 19.1. The molecule has 1 atom stereocenters. The first-order valence-electron chi connectivity index (χ1n) is 10.5. The lowest BCUT2D eigenvalue weighted by molar-refractivity contribution is 0.265. The van der Waals surface area contributed by atoms with Crippen molar-refractivity contribution in [2.24, 2.45) is 0 Å². The zero-order valence-corrected chi connectivity index (χ0v) is 18.1. The van der Waals surface area contributed by atoms with Gasteiger partial charge in [0.1, 0.15) is 18.2 Å². The fourth-order valence-corrected chi connectivity index (χ4v) is 3.88. The molecule has 1 aliphatic rings. The maximum absolute atomic E-state index is 14.8. The Balaban J connectivity index is 0.00000274. The molecule has 0 saturated heterocycles. The second kappa shape index (κ2) is 8.46. The van der Waals surface area contributed by atoms with Gasteiger partial charge in [-0.15, -0.1) is 0 Å². The standard InChI is InChI=1S/C25H21F2N5O.H2/c1-15-11-17(9-10-28-15)20-8-7-19(12-21(20)27)30-25-29-13-23-24(31-25)32(2)22(14-33-23)16-3-5-18(26)6-4-16;/h3-13,22H,14H2,1-2H3,(H,29,30,31);1H. The Hall–Kier alpha value is -4.07. The summed E-state index contributed by atoms with van der Waals surface area (Å²) in [4.78, 5) is 15.0. The summed E-state index contributed by atoms with van der Waals surface area (Å²) in [5.74, 6) is 0.814. The van der Waals surface area contributed by atoms with Gasteiger partial charge in [-0.1, -0.05) is 12.1 Å². The van der Waals surface area contributed by atoms with Crippen LogP contribution in [0.5, 0.6) is 5.75 Å². The number of ether oxygens (including phenoxy) is 1. The molecule has 0 radical (unpaired) electrons. The molecule has 4 aromatic rings. The third kappa shape index (κ3) is 4.19. The first-order valence-corrected chi connectivity index (χ1v) is 10.5. The molecule has 6 nitrogen and oxygen atoms in total. The Morgan fingerprint density at radius 2 is 1.88 bits per heavy atom. The SMILES string of the molecule is Cc1cc(-c2ccc(Nc3ncc4c(n3)N(C)C(c3ccc(F)cc3)CO4)cc2F)ccn1.[HH]. The van der Waals surface area contributed by atoms with Gasteiger partial charge in [-0.2, -0.15) is 4.98 Å². The molecule has 0 fully saturated rings. The molecule has 3 heterocycles. The summed E-state index contributed by atoms with van der Waals surface area (Å²) >= 11 is 0. The van der Waals surface area contributed by atoms with E-state index in [0.29, 0.717) is 35.4 Å². The van der Waals surface area contributed by atoms with Crippen LogP contribution in [-0.4, -0.2) is 28.6 Å². The van der Waals surface area contributed by atoms with Crippen LogP contribution in [0.1, 0.15) is 18.7 Å². The Morgan fingerprint density at radius 3 is 2.64 bits per heavy atom. The molecule has 2 aromatic carbocycles. The zero-order valence-electron chi connectivity index (χ0n) is 18.1. The molecule has 1 N–H and O–H groups in total. The second-order valence-corrected chi connectivity index (χ2v) is 7.88. The number of likely N-dealkylation sites (N-methyl/N-ethyl adjacent to an activating group) is 1. The van der Waals surface area contributed by atoms with Crippen LogP contribution in [-0.2, 0) is 0 Å². The summed E-state index contributed by atoms with van der Waals surface area (Å²) < 4.78 is 34.0. The second-order valence-electron chi connectivity index (χ2n) is 7.88. The van der Waals surface area contributed by atoms with E-state index in [1.165, 1.54) is 18.2 Å². The lowest BCUT2D eigenvalue weighted by Gasteiger charge is -2.35. The number of fused-ring (bicyclic) bond motifs is 1. The number of hydrogen-bond acceptors (Lipinski definition) is 6. The minimum atomic E-state index is -0.361. The number of aryl methyl sites for hydroxylation is 1. The number of hydrogen-bond donors (Lipinski definition) is 1. The first-order chi connectivity index (χ1) is 16.0. The average molecular weight is 447 g/mol. The van der Waals surface area contributed by atoms with Crippen LogP contribution >= 0.6 is 0 Å². The molecule has 1 unspecified atom stereocenters. The number of halogens is 2. The largest absolute Gasteiger partial charge is 0.486 e. The Kier molecular flexibility index (Phi) is 5.34. The normalized spacial score (nSPS) is 15.0. The van der Waals surface area contributed by atoms with Gasteiger partial charge in [0.15, 0.2) is 11.6 Å². The molecule has 2 aromatic heterocycles. The summed E-state index contributed by atoms with van der Waals surface area (Å²) in [6.07, 6.45) is 3.25. The number of nitrogens with one attached hydrogen (secondary N) is 1. The lowest BCUT2D eigenvalue weighted by atomic mass is 10.1. The molecule has 0 aliphatic carbocycles. The van der Waals surface area contributed by atoms with Gasteiger partial charge >= 0.3 is 0 Å². The number of aromatic nitrogens is 3. The van der Waals surface area contributed by atoms with Crippen molar-refractivity contribution in [2.45, 2.75) is 13.0 Å². The number of pyridine rings is 1. The van der Waals surface area contributed by atoms with Crippen molar-refractivity contribution in [1.29, 1.82) is 0 Å². The predicted molar refractivity (Wildman–Crippen MR) is 125 cm³/mol. The number of rotatable bonds is 4. The van der Waals surface area contributed by atoms with Crippen LogP contribution in [0.25, 0.3) is 11.1 Å². The van der Waals surface area contributed by atoms with Gasteiger partial charge in [0.05, 0.1) is 12.2 Å². The van der Waals surface area contributed by atoms with E-state index >= 15 is 0 Å². The molecule has 8 heteroatoms. The van der Waals surface area contributed by atoms with Crippen LogP contribution in [0.2, 0.25) is 0 Å². The van der Waals surface area contributed by atoms with Gasteiger partial charge in [0.25, 0.3) is 0 Å². The van der Waals surface area contributed by atoms with E-state index in [-0.39, 0.29) is 19.1 Å². The summed E-state index contributed by atoms with van der Waals surface area (Å²) in [6.45, 7) is 2.26. The Morgan fingerprint density at radius 1 is 1.06 bits per heavy atom. The molecule has 0 saturated carbocycles. The molecule has 33 heavy (non-hydrogen) atoms. The van der Waals surface area contributed by atoms with Gasteiger partial charge < -0.3 is 15.0 Å². The molecular weight excluding hydrogens is 424 g/mol. The van der Waals surface area contributed by atoms with E-state index in [1.54, 1.807) is 42.7 Å². The van der Waals surface area contributed by atoms with E-state index in [1.807, 2.05) is 24.9 Å². The van der Waals surface area contributed by atoms with Crippen molar-refractivity contribution in [2.75, 3.05) is 23.9 Å². The van der Waals surface area contributed by atoms with Crippen LogP contribution in [0.4, 0.5) is 26.2 Å². The lowest BCUT2D eigenvalue weighted by Crippen LogP contribution is -2.34. The van der Waals surface area contributed by atoms with Crippen molar-refractivity contribution in [1.82, 2.24) is 15.0 Å². The van der Waals surface area contributed by atoms with Crippen LogP contribution in [0.3, 0.4) is 0 Å². The van der Waals surface area contributed by atoms with E-state index in [2.05, 4.69) is 20.3 Å². The third-order valence-electron chi connectivity index (χ3n) is 5.62. The zero-order chi connectivity index (χ0) is 22.9. The van der Waals surface area contributed by atoms with Gasteiger partial charge in [-0.25, -0.2) is 13.8 Å². The molecule has 1 aliphatic heterocycles. The van der Waals surface area contributed by atoms with Crippen LogP contribution < -0.4 is 15.0 Å². The highest BCUT2D eigenvalue weighted by molar-refractivity contribution is 5.68. The maximum Gasteiger partial charge on any atom is 0.229 e. The van der Waals surface area contributed by atoms with E-state index < -0.39 is 0 Å². The monoisotopic (exact) mass is 447 g/mol. The average Bonchev–Trinajstić information content (AvgIpc) is 2.80. The van der Waals surface area contributed by atoms with Crippen LogP contribution in [0.15, 0.2) is 67.0 Å². The topological polar surface area (TPSA) is 63.2 Å². The highest BCUT2D eigenvalue weighted by Crippen LogP contribution is 2.37. The maximum atomic E-state index is 14.8. The van der Waals surface area contributed by atoms with E-state index in [0.717, 1.165) is 16.8 Å². The fourth-order valence-electron chi connectivity index (χ4n) is 3.88. The molecule has 0 spiro atoms. The molecular formula is C25H23F2N5O. The fraction of sp³-hybridized carbons (Fsp3) is 0.160. The number of anilines is 3. The predicted octanol–water partition coefficient (Wildman–Crippen LogP) is 5.68. The number of nitrogens with zero attached hydrogens (tertiary/aromatic N) is 4. The van der Waals surface area contributed by atoms with Crippen molar-refractivity contribution >= 4 is 17.5 Å². The molecule has 0 amide bonds. The molecule has 0 bridgehead atoms. The van der Waals surface area contributed by atoms with E-state index in [4.69, 9.17) is 4.74 Å². The Labute approximate surface area is 191 Å².